The summed E-state index contributed by atoms with van der Waals surface area (Å²) in [5, 5.41) is 20.1. The predicted octanol–water partition coefficient (Wildman–Crippen LogP) is 8.61. The van der Waals surface area contributed by atoms with Crippen molar-refractivity contribution in [2.45, 2.75) is 97.3 Å². The summed E-state index contributed by atoms with van der Waals surface area (Å²) < 4.78 is 11.0. The van der Waals surface area contributed by atoms with E-state index in [1.807, 2.05) is 67.0 Å². The van der Waals surface area contributed by atoms with E-state index in [9.17, 15) is 9.59 Å². The summed E-state index contributed by atoms with van der Waals surface area (Å²) in [4.78, 5) is 49.5. The number of nitrogens with two attached hydrogens (primary N) is 1. The van der Waals surface area contributed by atoms with Gasteiger partial charge in [-0.25, -0.2) is 9.97 Å². The van der Waals surface area contributed by atoms with Crippen molar-refractivity contribution in [3.8, 4) is 23.2 Å². The summed E-state index contributed by atoms with van der Waals surface area (Å²) >= 11 is 12.0. The van der Waals surface area contributed by atoms with E-state index in [1.54, 1.807) is 24.3 Å². The molecule has 2 atom stereocenters. The van der Waals surface area contributed by atoms with Crippen LogP contribution >= 0.6 is 23.2 Å². The van der Waals surface area contributed by atoms with Crippen molar-refractivity contribution in [2.24, 2.45) is 0 Å². The molecule has 0 unspecified atom stereocenters. The van der Waals surface area contributed by atoms with E-state index >= 15 is 0 Å². The summed E-state index contributed by atoms with van der Waals surface area (Å²) in [6, 6.07) is 24.8. The van der Waals surface area contributed by atoms with Crippen LogP contribution in [-0.4, -0.2) is 158 Å². The number of carbonyl (C=O) groups excluding carboxylic acids is 2. The van der Waals surface area contributed by atoms with E-state index < -0.39 is 0 Å². The zero-order valence-electron chi connectivity index (χ0n) is 43.1. The molecule has 4 saturated heterocycles. The number of nitrogens with zero attached hydrogens (tertiary/aromatic N) is 12. The van der Waals surface area contributed by atoms with E-state index in [0.717, 1.165) is 133 Å². The summed E-state index contributed by atoms with van der Waals surface area (Å²) in [6.07, 6.45) is 6.16. The van der Waals surface area contributed by atoms with E-state index in [4.69, 9.17) is 47.7 Å². The number of aryl methyl sites for hydroxylation is 2. The number of rotatable bonds is 12. The van der Waals surface area contributed by atoms with Crippen LogP contribution in [0.3, 0.4) is 0 Å². The molecule has 2 aromatic carbocycles. The molecular formula is C54H68Cl2N14O4. The van der Waals surface area contributed by atoms with Crippen LogP contribution in [0.5, 0.6) is 0 Å². The third-order valence-corrected chi connectivity index (χ3v) is 15.6. The lowest BCUT2D eigenvalue weighted by Gasteiger charge is -2.48. The van der Waals surface area contributed by atoms with E-state index in [-0.39, 0.29) is 17.8 Å². The Kier molecular flexibility index (Phi) is 17.0. The number of pyridine rings is 2. The van der Waals surface area contributed by atoms with Crippen LogP contribution < -0.4 is 20.9 Å². The van der Waals surface area contributed by atoms with Crippen LogP contribution in [0.25, 0.3) is 23.2 Å². The van der Waals surface area contributed by atoms with Gasteiger partial charge in [0.1, 0.15) is 11.4 Å². The Labute approximate surface area is 443 Å². The number of piperazine rings is 2. The molecule has 392 valence electrons. The van der Waals surface area contributed by atoms with Gasteiger partial charge in [-0.05, 0) is 132 Å². The third-order valence-electron chi connectivity index (χ3n) is 15.1. The first kappa shape index (κ1) is 52.5. The zero-order chi connectivity index (χ0) is 51.9. The van der Waals surface area contributed by atoms with Crippen LogP contribution in [0.1, 0.15) is 91.4 Å². The highest BCUT2D eigenvalue weighted by Crippen LogP contribution is 2.32. The molecule has 4 aliphatic rings. The highest BCUT2D eigenvalue weighted by Gasteiger charge is 2.36. The topological polar surface area (TPSA) is 195 Å². The lowest BCUT2D eigenvalue weighted by Crippen LogP contribution is -2.58. The molecule has 8 heterocycles. The Bertz CT molecular complexity index is 2830. The predicted molar refractivity (Wildman–Crippen MR) is 290 cm³/mol. The summed E-state index contributed by atoms with van der Waals surface area (Å²) in [5.74, 6) is 0.949. The van der Waals surface area contributed by atoms with Crippen molar-refractivity contribution in [1.82, 2.24) is 50.0 Å². The molecule has 2 amide bonds. The van der Waals surface area contributed by atoms with Crippen molar-refractivity contribution in [3.05, 3.63) is 105 Å². The first-order chi connectivity index (χ1) is 35.9. The number of nitrogen functional groups attached to an aromatic ring is 1. The number of halogens is 2. The minimum absolute atomic E-state index is 0.0376. The summed E-state index contributed by atoms with van der Waals surface area (Å²) in [7, 11) is 0. The number of anilines is 4. The van der Waals surface area contributed by atoms with Crippen molar-refractivity contribution in [3.63, 3.8) is 0 Å². The van der Waals surface area contributed by atoms with Gasteiger partial charge in [-0.1, -0.05) is 47.2 Å². The lowest BCUT2D eigenvalue weighted by atomic mass is 9.97. The molecule has 18 nitrogen and oxygen atoms in total. The van der Waals surface area contributed by atoms with E-state index in [2.05, 4.69) is 71.3 Å². The molecular weight excluding hydrogens is 980 g/mol. The van der Waals surface area contributed by atoms with Gasteiger partial charge in [-0.15, -0.1) is 10.2 Å². The maximum atomic E-state index is 12.9. The molecule has 6 aromatic rings. The average molecular weight is 1050 g/mol. The van der Waals surface area contributed by atoms with Gasteiger partial charge in [-0.2, -0.15) is 0 Å². The molecule has 0 spiro atoms. The largest absolute Gasteiger partial charge is 0.402 e. The second-order valence-corrected chi connectivity index (χ2v) is 20.4. The van der Waals surface area contributed by atoms with Gasteiger partial charge < -0.3 is 39.5 Å². The van der Waals surface area contributed by atoms with Gasteiger partial charge >= 0.3 is 12.0 Å². The van der Waals surface area contributed by atoms with Gasteiger partial charge in [0.2, 0.25) is 0 Å². The second-order valence-electron chi connectivity index (χ2n) is 19.5. The molecule has 20 heteroatoms. The van der Waals surface area contributed by atoms with Gasteiger partial charge in [-0.3, -0.25) is 19.4 Å². The summed E-state index contributed by atoms with van der Waals surface area (Å²) in [6.45, 7) is 20.3. The minimum atomic E-state index is 0.0376. The van der Waals surface area contributed by atoms with Crippen molar-refractivity contribution >= 4 is 58.4 Å². The number of likely N-dealkylation sites (tertiary alicyclic amines) is 2. The molecule has 10 rings (SSSR count). The fourth-order valence-corrected chi connectivity index (χ4v) is 11.4. The number of nitrogens with one attached hydrogen (secondary N) is 1. The molecule has 4 aromatic heterocycles. The monoisotopic (exact) mass is 1050 g/mol. The zero-order valence-corrected chi connectivity index (χ0v) is 44.6. The highest BCUT2D eigenvalue weighted by atomic mass is 35.5. The number of hydrogen-bond donors (Lipinski definition) is 2. The normalized spacial score (nSPS) is 19.3. The highest BCUT2D eigenvalue weighted by molar-refractivity contribution is 6.31. The number of hydrogen-bond acceptors (Lipinski definition) is 16. The molecule has 4 aliphatic heterocycles. The number of aromatic nitrogens is 6. The van der Waals surface area contributed by atoms with Gasteiger partial charge in [0.25, 0.3) is 23.6 Å². The Hall–Kier alpha value is -6.34. The minimum Gasteiger partial charge on any atom is -0.402 e. The molecule has 0 bridgehead atoms. The molecule has 0 radical (unpaired) electrons. The van der Waals surface area contributed by atoms with Crippen molar-refractivity contribution < 1.29 is 18.4 Å². The first-order valence-corrected chi connectivity index (χ1v) is 26.9. The molecule has 0 saturated carbocycles. The standard InChI is InChI=1S/C28H36ClN7O2.C26H32ClN7O2/c1-4-22-18-35(25-11-10-24(31-19(25)3)26-32-33-28(38-26)30-5-2)16-17-36(22)23-12-14-34(15-13-23)27(37)20-6-8-21(29)9-7-20;1-3-20-16-33(23-9-8-22(29-17(23)2)24-30-31-26(28)36-24)14-15-34(20)21-10-12-32(13-11-21)25(35)18-4-6-19(27)7-5-18/h6-11,22-23H,4-5,12-18H2,1-3H3,(H,30,33);4-9,20-21H,3,10-16H2,1-2H3,(H2,28,31)/t22-;20-/m00/s1. The fourth-order valence-electron chi connectivity index (χ4n) is 11.1. The molecule has 0 aliphatic carbocycles. The van der Waals surface area contributed by atoms with Gasteiger partial charge in [0.15, 0.2) is 0 Å². The van der Waals surface area contributed by atoms with E-state index in [0.29, 0.717) is 74.5 Å². The molecule has 74 heavy (non-hydrogen) atoms. The average Bonchev–Trinajstić information content (AvgIpc) is 4.10. The summed E-state index contributed by atoms with van der Waals surface area (Å²) in [5.41, 5.74) is 12.5. The molecule has 3 N–H and O–H groups in total. The molecule has 4 fully saturated rings. The fraction of sp³-hybridized carbons (Fsp3) is 0.481. The SMILES string of the molecule is CCNc1nnc(-c2ccc(N3CCN(C4CCN(C(=O)c5ccc(Cl)cc5)CC4)[C@@H](CC)C3)c(C)n2)o1.CC[C@H]1CN(c2ccc(-c3nnc(N)o3)nc2C)CCN1C1CCN(C(=O)c2ccc(Cl)cc2)CC1. The Morgan fingerprint density at radius 3 is 1.41 bits per heavy atom. The van der Waals surface area contributed by atoms with Crippen LogP contribution in [0.2, 0.25) is 10.0 Å². The van der Waals surface area contributed by atoms with Crippen molar-refractivity contribution in [1.29, 1.82) is 0 Å². The van der Waals surface area contributed by atoms with Crippen molar-refractivity contribution in [2.75, 3.05) is 92.8 Å². The first-order valence-electron chi connectivity index (χ1n) is 26.1. The quantitative estimate of drug-likeness (QED) is 0.118. The lowest BCUT2D eigenvalue weighted by molar-refractivity contribution is 0.0486. The van der Waals surface area contributed by atoms with Crippen LogP contribution in [0.4, 0.5) is 23.4 Å². The van der Waals surface area contributed by atoms with Gasteiger partial charge in [0.05, 0.1) is 22.8 Å². The Balaban J connectivity index is 0.000000182. The maximum Gasteiger partial charge on any atom is 0.315 e. The number of amides is 2. The third kappa shape index (κ3) is 12.1. The Morgan fingerprint density at radius 2 is 1.01 bits per heavy atom. The number of piperidine rings is 2. The van der Waals surface area contributed by atoms with Crippen LogP contribution in [-0.2, 0) is 0 Å². The number of benzene rings is 2. The van der Waals surface area contributed by atoms with E-state index in [1.165, 1.54) is 0 Å². The van der Waals surface area contributed by atoms with Crippen LogP contribution in [0, 0.1) is 13.8 Å². The number of carbonyl (C=O) groups is 2. The second kappa shape index (κ2) is 23.9. The smallest absolute Gasteiger partial charge is 0.315 e. The Morgan fingerprint density at radius 1 is 0.581 bits per heavy atom. The maximum absolute atomic E-state index is 12.9. The van der Waals surface area contributed by atoms with Gasteiger partial charge in [0, 0.05) is 117 Å². The van der Waals surface area contributed by atoms with Crippen LogP contribution in [0.15, 0.2) is 81.6 Å².